The molecule has 11 nitrogen and oxygen atoms in total. The van der Waals surface area contributed by atoms with Gasteiger partial charge in [-0.1, -0.05) is 12.1 Å². The van der Waals surface area contributed by atoms with Crippen molar-refractivity contribution in [3.05, 3.63) is 36.1 Å². The molecular formula is C23H28O11. The number of aliphatic hydroxyl groups is 4. The smallest absolute Gasteiger partial charge is 0.302 e. The fourth-order valence-electron chi connectivity index (χ4n) is 4.56. The van der Waals surface area contributed by atoms with Crippen molar-refractivity contribution >= 4 is 17.3 Å². The molecule has 9 atom stereocenters. The van der Waals surface area contributed by atoms with E-state index in [0.717, 1.165) is 0 Å². The summed E-state index contributed by atoms with van der Waals surface area (Å²) in [7, 11) is 0. The Kier molecular flexibility index (Phi) is 7.22. The Morgan fingerprint density at radius 2 is 1.76 bits per heavy atom. The summed E-state index contributed by atoms with van der Waals surface area (Å²) in [5, 5.41) is 50.8. The molecule has 34 heavy (non-hydrogen) atoms. The summed E-state index contributed by atoms with van der Waals surface area (Å²) in [5.74, 6) is -1.66. The molecule has 2 heterocycles. The molecule has 1 saturated heterocycles. The van der Waals surface area contributed by atoms with Crippen molar-refractivity contribution < 1.29 is 54.1 Å². The third-order valence-electron chi connectivity index (χ3n) is 6.37. The quantitative estimate of drug-likeness (QED) is 0.335. The fourth-order valence-corrected chi connectivity index (χ4v) is 4.56. The number of hydrogen-bond donors (Lipinski definition) is 5. The third-order valence-corrected chi connectivity index (χ3v) is 6.37. The van der Waals surface area contributed by atoms with Gasteiger partial charge >= 0.3 is 5.97 Å². The molecule has 0 bridgehead atoms. The lowest BCUT2D eigenvalue weighted by molar-refractivity contribution is -0.317. The summed E-state index contributed by atoms with van der Waals surface area (Å²) in [4.78, 5) is 24.1. The van der Waals surface area contributed by atoms with Gasteiger partial charge in [-0.15, -0.1) is 0 Å². The van der Waals surface area contributed by atoms with Crippen molar-refractivity contribution in [3.8, 4) is 5.75 Å². The maximum atomic E-state index is 13.1. The molecule has 0 spiro atoms. The van der Waals surface area contributed by atoms with Crippen molar-refractivity contribution in [2.45, 2.75) is 68.8 Å². The van der Waals surface area contributed by atoms with Gasteiger partial charge in [0, 0.05) is 19.8 Å². The van der Waals surface area contributed by atoms with Crippen molar-refractivity contribution in [2.24, 2.45) is 5.92 Å². The van der Waals surface area contributed by atoms with Gasteiger partial charge in [0.2, 0.25) is 0 Å². The largest absolute Gasteiger partial charge is 0.508 e. The summed E-state index contributed by atoms with van der Waals surface area (Å²) in [5.41, 5.74) is 0.841. The number of esters is 1. The number of ether oxygens (including phenoxy) is 4. The van der Waals surface area contributed by atoms with E-state index >= 15 is 0 Å². The predicted molar refractivity (Wildman–Crippen MR) is 113 cm³/mol. The zero-order chi connectivity index (χ0) is 24.6. The van der Waals surface area contributed by atoms with E-state index in [4.69, 9.17) is 18.9 Å². The number of ketones is 1. The number of aromatic hydroxyl groups is 1. The molecule has 2 aliphatic heterocycles. The Morgan fingerprint density at radius 1 is 1.06 bits per heavy atom. The first-order chi connectivity index (χ1) is 16.2. The summed E-state index contributed by atoms with van der Waals surface area (Å²) in [6.07, 6.45) is -8.11. The van der Waals surface area contributed by atoms with Crippen LogP contribution in [0.3, 0.4) is 0 Å². The maximum Gasteiger partial charge on any atom is 0.302 e. The van der Waals surface area contributed by atoms with E-state index in [-0.39, 0.29) is 36.6 Å². The second-order valence-corrected chi connectivity index (χ2v) is 8.76. The van der Waals surface area contributed by atoms with Crippen LogP contribution in [0.4, 0.5) is 0 Å². The highest BCUT2D eigenvalue weighted by atomic mass is 16.7. The zero-order valence-corrected chi connectivity index (χ0v) is 18.4. The van der Waals surface area contributed by atoms with Crippen LogP contribution in [0, 0.1) is 5.92 Å². The summed E-state index contributed by atoms with van der Waals surface area (Å²) < 4.78 is 21.9. The average Bonchev–Trinajstić information content (AvgIpc) is 2.79. The van der Waals surface area contributed by atoms with Gasteiger partial charge in [-0.05, 0) is 17.7 Å². The molecule has 0 aromatic heterocycles. The second kappa shape index (κ2) is 9.98. The fraction of sp³-hybridized carbons (Fsp3) is 0.565. The zero-order valence-electron chi connectivity index (χ0n) is 18.4. The van der Waals surface area contributed by atoms with Gasteiger partial charge in [0.05, 0.1) is 30.0 Å². The number of carbonyl (C=O) groups is 2. The Labute approximate surface area is 195 Å². The first-order valence-electron chi connectivity index (χ1n) is 11.0. The third kappa shape index (κ3) is 4.95. The van der Waals surface area contributed by atoms with E-state index in [1.54, 1.807) is 12.1 Å². The average molecular weight is 480 g/mol. The summed E-state index contributed by atoms with van der Waals surface area (Å²) in [6.45, 7) is 0.835. The minimum absolute atomic E-state index is 0.0406. The lowest BCUT2D eigenvalue weighted by Gasteiger charge is -2.44. The molecule has 4 rings (SSSR count). The van der Waals surface area contributed by atoms with Crippen molar-refractivity contribution in [2.75, 3.05) is 6.61 Å². The highest BCUT2D eigenvalue weighted by Gasteiger charge is 2.49. The highest BCUT2D eigenvalue weighted by Crippen LogP contribution is 2.38. The van der Waals surface area contributed by atoms with Crippen LogP contribution in [-0.2, 0) is 28.5 Å². The molecule has 0 radical (unpaired) electrons. The maximum absolute atomic E-state index is 13.1. The van der Waals surface area contributed by atoms with E-state index in [2.05, 4.69) is 0 Å². The standard InChI is InChI=1S/C23H28O11/c1-10(24)31-9-17-20(28)21(29)22(30)23(34-17)33-13-6-15(26)18-16(7-13)32-8-14(19(18)27)11-2-4-12(25)5-3-11/h2-5,8,13,15-18,20-23,25-26,28-30H,6-7,9H2,1H3/t13?,15?,16?,17-,18?,20+,21+,22-,23-/m0/s1. The van der Waals surface area contributed by atoms with Crippen LogP contribution in [0.25, 0.3) is 5.57 Å². The van der Waals surface area contributed by atoms with Gasteiger partial charge in [-0.2, -0.15) is 0 Å². The van der Waals surface area contributed by atoms with Gasteiger partial charge in [0.1, 0.15) is 42.9 Å². The molecule has 11 heteroatoms. The predicted octanol–water partition coefficient (Wildman–Crippen LogP) is -0.772. The number of carbonyl (C=O) groups excluding carboxylic acids is 2. The number of hydrogen-bond acceptors (Lipinski definition) is 11. The van der Waals surface area contributed by atoms with Crippen LogP contribution in [0.2, 0.25) is 0 Å². The first-order valence-corrected chi connectivity index (χ1v) is 11.0. The van der Waals surface area contributed by atoms with Gasteiger partial charge in [-0.3, -0.25) is 9.59 Å². The second-order valence-electron chi connectivity index (χ2n) is 8.76. The lowest BCUT2D eigenvalue weighted by atomic mass is 9.76. The molecule has 5 N–H and O–H groups in total. The molecular weight excluding hydrogens is 452 g/mol. The van der Waals surface area contributed by atoms with E-state index in [1.807, 2.05) is 0 Å². The number of phenolic OH excluding ortho intramolecular Hbond substituents is 1. The number of phenols is 1. The molecule has 0 amide bonds. The van der Waals surface area contributed by atoms with Crippen LogP contribution in [0.5, 0.6) is 5.75 Å². The topological polar surface area (TPSA) is 172 Å². The highest BCUT2D eigenvalue weighted by molar-refractivity contribution is 6.22. The summed E-state index contributed by atoms with van der Waals surface area (Å²) >= 11 is 0. The van der Waals surface area contributed by atoms with E-state index in [9.17, 15) is 35.1 Å². The van der Waals surface area contributed by atoms with Crippen LogP contribution < -0.4 is 0 Å². The lowest BCUT2D eigenvalue weighted by Crippen LogP contribution is -2.60. The molecule has 3 aliphatic rings. The van der Waals surface area contributed by atoms with Crippen molar-refractivity contribution in [1.29, 1.82) is 0 Å². The minimum Gasteiger partial charge on any atom is -0.508 e. The van der Waals surface area contributed by atoms with Crippen LogP contribution >= 0.6 is 0 Å². The van der Waals surface area contributed by atoms with Gasteiger partial charge in [0.25, 0.3) is 0 Å². The Hall–Kier alpha value is -2.54. The Bertz CT molecular complexity index is 929. The van der Waals surface area contributed by atoms with Gasteiger partial charge < -0.3 is 44.5 Å². The molecule has 1 saturated carbocycles. The molecule has 1 aliphatic carbocycles. The van der Waals surface area contributed by atoms with E-state index in [0.29, 0.717) is 5.56 Å². The van der Waals surface area contributed by atoms with Crippen LogP contribution in [0.1, 0.15) is 25.3 Å². The number of benzene rings is 1. The summed E-state index contributed by atoms with van der Waals surface area (Å²) in [6, 6.07) is 6.06. The Morgan fingerprint density at radius 3 is 2.44 bits per heavy atom. The number of rotatable bonds is 5. The molecule has 4 unspecified atom stereocenters. The SMILES string of the molecule is CC(=O)OC[C@@H]1O[C@H](OC2CC(O)C3C(=O)C(c4ccc(O)cc4)=COC3C2)[C@@H](O)[C@H](O)[C@@H]1O. The van der Waals surface area contributed by atoms with Crippen LogP contribution in [-0.4, -0.2) is 92.9 Å². The van der Waals surface area contributed by atoms with Gasteiger partial charge in [-0.25, -0.2) is 0 Å². The van der Waals surface area contributed by atoms with Gasteiger partial charge in [0.15, 0.2) is 12.1 Å². The number of Topliss-reactive ketones (excluding diaryl/α,β-unsaturated/α-hetero) is 1. The normalized spacial score (nSPS) is 37.9. The Balaban J connectivity index is 1.43. The molecule has 1 aromatic carbocycles. The minimum atomic E-state index is -1.61. The van der Waals surface area contributed by atoms with E-state index < -0.39 is 60.9 Å². The number of fused-ring (bicyclic) bond motifs is 1. The first kappa shape index (κ1) is 24.6. The molecule has 186 valence electrons. The van der Waals surface area contributed by atoms with E-state index in [1.165, 1.54) is 25.3 Å². The van der Waals surface area contributed by atoms with Crippen molar-refractivity contribution in [1.82, 2.24) is 0 Å². The molecule has 1 aromatic rings. The van der Waals surface area contributed by atoms with Crippen LogP contribution in [0.15, 0.2) is 30.5 Å². The number of aliphatic hydroxyl groups excluding tert-OH is 4. The van der Waals surface area contributed by atoms with Crippen molar-refractivity contribution in [3.63, 3.8) is 0 Å². The molecule has 2 fully saturated rings. The monoisotopic (exact) mass is 480 g/mol. The number of allylic oxidation sites excluding steroid dienone is 1.